The summed E-state index contributed by atoms with van der Waals surface area (Å²) in [5.74, 6) is -1.31. The predicted octanol–water partition coefficient (Wildman–Crippen LogP) is 6.79. The summed E-state index contributed by atoms with van der Waals surface area (Å²) in [4.78, 5) is 29.3. The first-order chi connectivity index (χ1) is 17.0. The molecule has 0 saturated carbocycles. The van der Waals surface area contributed by atoms with Crippen LogP contribution in [0.3, 0.4) is 0 Å². The molecule has 0 saturated heterocycles. The van der Waals surface area contributed by atoms with Crippen LogP contribution in [-0.2, 0) is 0 Å². The molecule has 5 rings (SSSR count). The number of hydrazone groups is 1. The number of thiophene rings is 1. The Morgan fingerprint density at radius 1 is 0.943 bits per heavy atom. The monoisotopic (exact) mass is 543 g/mol. The van der Waals surface area contributed by atoms with E-state index in [0.29, 0.717) is 5.69 Å². The molecule has 0 aliphatic heterocycles. The number of amides is 1. The second-order valence-corrected chi connectivity index (χ2v) is 9.75. The normalized spacial score (nSPS) is 11.2. The molecule has 0 radical (unpaired) electrons. The SMILES string of the molecule is O=C(O)c1cccc(-c2ccc(/C=N/NC(=O)c3[nH]c4ccc(Br)cc4c3-c3ccccc3)s2)c1. The molecule has 1 amide bonds. The number of aromatic carboxylic acids is 1. The van der Waals surface area contributed by atoms with E-state index in [0.717, 1.165) is 41.8 Å². The fourth-order valence-corrected chi connectivity index (χ4v) is 5.07. The molecule has 6 nitrogen and oxygen atoms in total. The van der Waals surface area contributed by atoms with Crippen LogP contribution in [0.4, 0.5) is 0 Å². The molecule has 0 atom stereocenters. The minimum Gasteiger partial charge on any atom is -0.478 e. The second kappa shape index (κ2) is 9.69. The number of rotatable bonds is 6. The first kappa shape index (κ1) is 22.8. The number of benzene rings is 3. The van der Waals surface area contributed by atoms with Gasteiger partial charge < -0.3 is 10.1 Å². The van der Waals surface area contributed by atoms with E-state index >= 15 is 0 Å². The van der Waals surface area contributed by atoms with Crippen molar-refractivity contribution in [2.75, 3.05) is 0 Å². The Morgan fingerprint density at radius 2 is 1.74 bits per heavy atom. The Bertz CT molecular complexity index is 1590. The Labute approximate surface area is 213 Å². The van der Waals surface area contributed by atoms with Crippen LogP contribution in [0, 0.1) is 0 Å². The molecular weight excluding hydrogens is 526 g/mol. The topological polar surface area (TPSA) is 94.5 Å². The van der Waals surface area contributed by atoms with E-state index in [-0.39, 0.29) is 11.5 Å². The van der Waals surface area contributed by atoms with Gasteiger partial charge >= 0.3 is 5.97 Å². The van der Waals surface area contributed by atoms with Gasteiger partial charge in [-0.05, 0) is 53.6 Å². The predicted molar refractivity (Wildman–Crippen MR) is 143 cm³/mol. The van der Waals surface area contributed by atoms with Crippen molar-refractivity contribution in [2.24, 2.45) is 5.10 Å². The molecule has 5 aromatic rings. The molecule has 0 aliphatic carbocycles. The van der Waals surface area contributed by atoms with E-state index in [1.54, 1.807) is 24.4 Å². The average Bonchev–Trinajstić information content (AvgIpc) is 3.49. The number of halogens is 1. The summed E-state index contributed by atoms with van der Waals surface area (Å²) >= 11 is 4.97. The van der Waals surface area contributed by atoms with Gasteiger partial charge in [0, 0.05) is 30.7 Å². The number of carboxylic acid groups (broad SMARTS) is 1. The van der Waals surface area contributed by atoms with Gasteiger partial charge in [-0.2, -0.15) is 5.10 Å². The molecule has 172 valence electrons. The number of H-pyrrole nitrogens is 1. The average molecular weight is 544 g/mol. The quantitative estimate of drug-likeness (QED) is 0.162. The lowest BCUT2D eigenvalue weighted by Gasteiger charge is -2.04. The van der Waals surface area contributed by atoms with Gasteiger partial charge in [-0.3, -0.25) is 4.79 Å². The highest BCUT2D eigenvalue weighted by Crippen LogP contribution is 2.34. The van der Waals surface area contributed by atoms with Gasteiger partial charge in [-0.25, -0.2) is 10.2 Å². The van der Waals surface area contributed by atoms with Crippen LogP contribution in [0.2, 0.25) is 0 Å². The van der Waals surface area contributed by atoms with Gasteiger partial charge in [0.1, 0.15) is 5.69 Å². The fourth-order valence-electron chi connectivity index (χ4n) is 3.83. The molecule has 3 aromatic carbocycles. The van der Waals surface area contributed by atoms with E-state index in [1.165, 1.54) is 11.3 Å². The molecule has 0 fully saturated rings. The number of fused-ring (bicyclic) bond motifs is 1. The maximum Gasteiger partial charge on any atom is 0.335 e. The van der Waals surface area contributed by atoms with Crippen molar-refractivity contribution in [3.05, 3.63) is 106 Å². The lowest BCUT2D eigenvalue weighted by atomic mass is 10.0. The number of nitrogens with one attached hydrogen (secondary N) is 2. The number of aromatic nitrogens is 1. The third kappa shape index (κ3) is 4.80. The van der Waals surface area contributed by atoms with Crippen molar-refractivity contribution in [3.63, 3.8) is 0 Å². The van der Waals surface area contributed by atoms with Gasteiger partial charge in [-0.15, -0.1) is 11.3 Å². The Morgan fingerprint density at radius 3 is 2.54 bits per heavy atom. The van der Waals surface area contributed by atoms with Crippen LogP contribution >= 0.6 is 27.3 Å². The van der Waals surface area contributed by atoms with Gasteiger partial charge in [0.15, 0.2) is 0 Å². The fraction of sp³-hybridized carbons (Fsp3) is 0. The van der Waals surface area contributed by atoms with Gasteiger partial charge in [0.25, 0.3) is 5.91 Å². The lowest BCUT2D eigenvalue weighted by molar-refractivity contribution is 0.0696. The minimum absolute atomic E-state index is 0.234. The van der Waals surface area contributed by atoms with Crippen molar-refractivity contribution in [3.8, 4) is 21.6 Å². The zero-order chi connectivity index (χ0) is 24.4. The summed E-state index contributed by atoms with van der Waals surface area (Å²) in [6, 6.07) is 26.1. The smallest absolute Gasteiger partial charge is 0.335 e. The van der Waals surface area contributed by atoms with E-state index in [1.807, 2.05) is 66.7 Å². The van der Waals surface area contributed by atoms with Crippen LogP contribution in [0.5, 0.6) is 0 Å². The summed E-state index contributed by atoms with van der Waals surface area (Å²) in [6.45, 7) is 0. The van der Waals surface area contributed by atoms with E-state index < -0.39 is 5.97 Å². The van der Waals surface area contributed by atoms with Crippen LogP contribution < -0.4 is 5.43 Å². The highest BCUT2D eigenvalue weighted by atomic mass is 79.9. The molecule has 8 heteroatoms. The minimum atomic E-state index is -0.966. The van der Waals surface area contributed by atoms with E-state index in [9.17, 15) is 14.7 Å². The summed E-state index contributed by atoms with van der Waals surface area (Å²) < 4.78 is 0.925. The molecule has 0 bridgehead atoms. The second-order valence-electron chi connectivity index (χ2n) is 7.72. The zero-order valence-corrected chi connectivity index (χ0v) is 20.6. The lowest BCUT2D eigenvalue weighted by Crippen LogP contribution is -2.18. The van der Waals surface area contributed by atoms with Crippen LogP contribution in [-0.4, -0.2) is 28.2 Å². The molecular formula is C27H18BrN3O3S. The standard InChI is InChI=1S/C27H18BrN3O3S/c28-19-9-11-22-21(14-19)24(16-5-2-1-3-6-16)25(30-22)26(32)31-29-15-20-10-12-23(35-20)17-7-4-8-18(13-17)27(33)34/h1-15,30H,(H,31,32)(H,33,34)/b29-15+. The molecule has 2 aromatic heterocycles. The number of aromatic amines is 1. The number of carbonyl (C=O) groups is 2. The van der Waals surface area contributed by atoms with Gasteiger partial charge in [0.05, 0.1) is 11.8 Å². The third-order valence-corrected chi connectivity index (χ3v) is 6.99. The van der Waals surface area contributed by atoms with Crippen LogP contribution in [0.25, 0.3) is 32.5 Å². The zero-order valence-electron chi connectivity index (χ0n) is 18.2. The van der Waals surface area contributed by atoms with E-state index in [4.69, 9.17) is 0 Å². The van der Waals surface area contributed by atoms with E-state index in [2.05, 4.69) is 31.4 Å². The highest BCUT2D eigenvalue weighted by Gasteiger charge is 2.19. The van der Waals surface area contributed by atoms with Crippen molar-refractivity contribution >= 4 is 56.3 Å². The molecule has 0 aliphatic rings. The Balaban J connectivity index is 1.39. The Hall–Kier alpha value is -4.01. The number of carboxylic acids is 1. The Kier molecular flexibility index (Phi) is 6.31. The molecule has 35 heavy (non-hydrogen) atoms. The number of hydrogen-bond donors (Lipinski definition) is 3. The first-order valence-electron chi connectivity index (χ1n) is 10.6. The maximum absolute atomic E-state index is 13.1. The van der Waals surface area contributed by atoms with Gasteiger partial charge in [0.2, 0.25) is 0 Å². The third-order valence-electron chi connectivity index (χ3n) is 5.43. The van der Waals surface area contributed by atoms with Crippen molar-refractivity contribution in [2.45, 2.75) is 0 Å². The summed E-state index contributed by atoms with van der Waals surface area (Å²) in [6.07, 6.45) is 1.58. The molecule has 2 heterocycles. The van der Waals surface area contributed by atoms with Crippen LogP contribution in [0.15, 0.2) is 94.5 Å². The van der Waals surface area contributed by atoms with Crippen molar-refractivity contribution in [1.29, 1.82) is 0 Å². The van der Waals surface area contributed by atoms with Crippen LogP contribution in [0.1, 0.15) is 25.7 Å². The molecule has 0 unspecified atom stereocenters. The van der Waals surface area contributed by atoms with Crippen molar-refractivity contribution in [1.82, 2.24) is 10.4 Å². The number of nitrogens with zero attached hydrogens (tertiary/aromatic N) is 1. The summed E-state index contributed by atoms with van der Waals surface area (Å²) in [5.41, 5.74) is 6.70. The summed E-state index contributed by atoms with van der Waals surface area (Å²) in [5, 5.41) is 14.3. The number of hydrogen-bond acceptors (Lipinski definition) is 4. The summed E-state index contributed by atoms with van der Waals surface area (Å²) in [7, 11) is 0. The molecule has 0 spiro atoms. The highest BCUT2D eigenvalue weighted by molar-refractivity contribution is 9.10. The van der Waals surface area contributed by atoms with Crippen molar-refractivity contribution < 1.29 is 14.7 Å². The maximum atomic E-state index is 13.1. The first-order valence-corrected chi connectivity index (χ1v) is 12.2. The number of carbonyl (C=O) groups excluding carboxylic acids is 1. The largest absolute Gasteiger partial charge is 0.478 e. The molecule has 3 N–H and O–H groups in total. The van der Waals surface area contributed by atoms with Gasteiger partial charge in [-0.1, -0.05) is 58.4 Å².